The second kappa shape index (κ2) is 8.39. The predicted octanol–water partition coefficient (Wildman–Crippen LogP) is 4.47. The van der Waals surface area contributed by atoms with Gasteiger partial charge in [0.1, 0.15) is 5.82 Å². The summed E-state index contributed by atoms with van der Waals surface area (Å²) < 4.78 is 0. The van der Waals surface area contributed by atoms with Gasteiger partial charge in [0.25, 0.3) is 0 Å². The highest BCUT2D eigenvalue weighted by Crippen LogP contribution is 2.19. The van der Waals surface area contributed by atoms with Gasteiger partial charge in [0.2, 0.25) is 0 Å². The fourth-order valence-corrected chi connectivity index (χ4v) is 2.95. The van der Waals surface area contributed by atoms with E-state index in [2.05, 4.69) is 43.1 Å². The average Bonchev–Trinajstić information content (AvgIpc) is 2.75. The Kier molecular flexibility index (Phi) is 5.33. The van der Waals surface area contributed by atoms with Gasteiger partial charge >= 0.3 is 0 Å². The molecule has 0 saturated heterocycles. The van der Waals surface area contributed by atoms with Gasteiger partial charge in [0, 0.05) is 53.7 Å². The van der Waals surface area contributed by atoms with Gasteiger partial charge in [-0.3, -0.25) is 9.97 Å². The van der Waals surface area contributed by atoms with E-state index in [0.29, 0.717) is 6.42 Å². The lowest BCUT2D eigenvalue weighted by Crippen LogP contribution is -2.03. The van der Waals surface area contributed by atoms with Gasteiger partial charge in [-0.2, -0.15) is 10.2 Å². The van der Waals surface area contributed by atoms with Crippen LogP contribution in [0.1, 0.15) is 11.3 Å². The zero-order valence-corrected chi connectivity index (χ0v) is 16.1. The van der Waals surface area contributed by atoms with Crippen LogP contribution in [-0.2, 0) is 6.42 Å². The number of allylic oxidation sites excluding steroid dienone is 1. The highest BCUT2D eigenvalue weighted by molar-refractivity contribution is 5.60. The maximum atomic E-state index is 4.57. The third-order valence-electron chi connectivity index (χ3n) is 4.37. The maximum Gasteiger partial charge on any atom is 0.130 e. The number of nitrogens with one attached hydrogen (secondary N) is 1. The van der Waals surface area contributed by atoms with Crippen LogP contribution in [0.3, 0.4) is 0 Å². The minimum Gasteiger partial charge on any atom is -0.344 e. The molecular formula is C23H20N6. The van der Waals surface area contributed by atoms with Crippen molar-refractivity contribution in [3.63, 3.8) is 0 Å². The molecule has 0 aromatic carbocycles. The standard InChI is InChI=1S/C23H20N6/c1-16-13-19(9-11-24-16)21-7-5-18(14-25-21)12-17(2)28-23-8-6-20(15-26-23)22-4-3-10-27-29-22/h3-11,13-15H,2,12H2,1H3,(H,26,28). The molecule has 0 atom stereocenters. The Morgan fingerprint density at radius 3 is 2.52 bits per heavy atom. The second-order valence-electron chi connectivity index (χ2n) is 6.68. The summed E-state index contributed by atoms with van der Waals surface area (Å²) in [5.41, 5.74) is 6.60. The molecule has 4 rings (SSSR count). The molecule has 29 heavy (non-hydrogen) atoms. The van der Waals surface area contributed by atoms with Crippen molar-refractivity contribution in [1.82, 2.24) is 25.1 Å². The maximum absolute atomic E-state index is 4.57. The highest BCUT2D eigenvalue weighted by atomic mass is 15.1. The number of pyridine rings is 3. The van der Waals surface area contributed by atoms with Crippen LogP contribution >= 0.6 is 0 Å². The first-order chi connectivity index (χ1) is 14.2. The van der Waals surface area contributed by atoms with Crippen LogP contribution in [0.4, 0.5) is 5.82 Å². The van der Waals surface area contributed by atoms with E-state index in [4.69, 9.17) is 0 Å². The summed E-state index contributed by atoms with van der Waals surface area (Å²) in [7, 11) is 0. The molecule has 0 saturated carbocycles. The third kappa shape index (κ3) is 4.68. The van der Waals surface area contributed by atoms with Gasteiger partial charge in [0.05, 0.1) is 11.4 Å². The fraction of sp³-hybridized carbons (Fsp3) is 0.0870. The van der Waals surface area contributed by atoms with Crippen molar-refractivity contribution in [3.8, 4) is 22.5 Å². The summed E-state index contributed by atoms with van der Waals surface area (Å²) in [4.78, 5) is 13.2. The molecule has 4 heterocycles. The van der Waals surface area contributed by atoms with E-state index in [1.54, 1.807) is 18.6 Å². The van der Waals surface area contributed by atoms with Crippen LogP contribution in [-0.4, -0.2) is 25.1 Å². The fourth-order valence-electron chi connectivity index (χ4n) is 2.95. The number of hydrogen-bond donors (Lipinski definition) is 1. The van der Waals surface area contributed by atoms with Crippen LogP contribution in [0.25, 0.3) is 22.5 Å². The summed E-state index contributed by atoms with van der Waals surface area (Å²) in [6, 6.07) is 15.7. The third-order valence-corrected chi connectivity index (χ3v) is 4.37. The second-order valence-corrected chi connectivity index (χ2v) is 6.68. The molecule has 0 bridgehead atoms. The molecule has 6 nitrogen and oxygen atoms in total. The SMILES string of the molecule is C=C(Cc1ccc(-c2ccnc(C)c2)nc1)Nc1ccc(-c2cccnn2)cn1. The number of hydrogen-bond acceptors (Lipinski definition) is 6. The Balaban J connectivity index is 1.38. The van der Waals surface area contributed by atoms with Gasteiger partial charge in [-0.25, -0.2) is 4.98 Å². The molecule has 0 amide bonds. The van der Waals surface area contributed by atoms with E-state index in [0.717, 1.165) is 45.3 Å². The molecule has 4 aromatic heterocycles. The average molecular weight is 380 g/mol. The molecule has 0 radical (unpaired) electrons. The van der Waals surface area contributed by atoms with Crippen molar-refractivity contribution in [3.05, 3.63) is 96.9 Å². The molecule has 6 heteroatoms. The number of aromatic nitrogens is 5. The van der Waals surface area contributed by atoms with Crippen LogP contribution in [0.15, 0.2) is 85.6 Å². The summed E-state index contributed by atoms with van der Waals surface area (Å²) in [5.74, 6) is 0.736. The van der Waals surface area contributed by atoms with E-state index in [1.807, 2.05) is 55.6 Å². The molecule has 0 aliphatic carbocycles. The van der Waals surface area contributed by atoms with Crippen LogP contribution in [0.5, 0.6) is 0 Å². The first-order valence-corrected chi connectivity index (χ1v) is 9.24. The van der Waals surface area contributed by atoms with E-state index in [9.17, 15) is 0 Å². The molecule has 0 unspecified atom stereocenters. The van der Waals surface area contributed by atoms with Crippen LogP contribution < -0.4 is 5.32 Å². The molecule has 0 aliphatic heterocycles. The zero-order valence-electron chi connectivity index (χ0n) is 16.1. The van der Waals surface area contributed by atoms with Crippen LogP contribution in [0.2, 0.25) is 0 Å². The summed E-state index contributed by atoms with van der Waals surface area (Å²) in [6.45, 7) is 6.08. The van der Waals surface area contributed by atoms with E-state index in [-0.39, 0.29) is 0 Å². The molecule has 1 N–H and O–H groups in total. The van der Waals surface area contributed by atoms with Crippen molar-refractivity contribution in [2.75, 3.05) is 5.32 Å². The predicted molar refractivity (Wildman–Crippen MR) is 114 cm³/mol. The van der Waals surface area contributed by atoms with Crippen molar-refractivity contribution < 1.29 is 0 Å². The lowest BCUT2D eigenvalue weighted by molar-refractivity contribution is 1.04. The Morgan fingerprint density at radius 1 is 0.897 bits per heavy atom. The minimum atomic E-state index is 0.663. The van der Waals surface area contributed by atoms with Crippen molar-refractivity contribution in [1.29, 1.82) is 0 Å². The highest BCUT2D eigenvalue weighted by Gasteiger charge is 2.04. The lowest BCUT2D eigenvalue weighted by Gasteiger charge is -2.10. The molecule has 0 fully saturated rings. The molecule has 142 valence electrons. The van der Waals surface area contributed by atoms with Gasteiger partial charge < -0.3 is 5.32 Å². The van der Waals surface area contributed by atoms with E-state index >= 15 is 0 Å². The topological polar surface area (TPSA) is 76.5 Å². The number of nitrogens with zero attached hydrogens (tertiary/aromatic N) is 5. The Morgan fingerprint density at radius 2 is 1.83 bits per heavy atom. The van der Waals surface area contributed by atoms with Gasteiger partial charge in [-0.05, 0) is 55.0 Å². The number of aryl methyl sites for hydroxylation is 1. The Bertz CT molecular complexity index is 1110. The van der Waals surface area contributed by atoms with E-state index < -0.39 is 0 Å². The zero-order chi connectivity index (χ0) is 20.1. The quantitative estimate of drug-likeness (QED) is 0.532. The van der Waals surface area contributed by atoms with Crippen molar-refractivity contribution >= 4 is 5.82 Å². The normalized spacial score (nSPS) is 10.5. The molecule has 4 aromatic rings. The van der Waals surface area contributed by atoms with Gasteiger partial charge in [-0.1, -0.05) is 12.6 Å². The summed E-state index contributed by atoms with van der Waals surface area (Å²) >= 11 is 0. The molecular weight excluding hydrogens is 360 g/mol. The van der Waals surface area contributed by atoms with Crippen molar-refractivity contribution in [2.45, 2.75) is 13.3 Å². The van der Waals surface area contributed by atoms with Gasteiger partial charge in [0.15, 0.2) is 0 Å². The van der Waals surface area contributed by atoms with Crippen molar-refractivity contribution in [2.24, 2.45) is 0 Å². The smallest absolute Gasteiger partial charge is 0.130 e. The first kappa shape index (κ1) is 18.4. The number of anilines is 1. The summed E-state index contributed by atoms with van der Waals surface area (Å²) in [6.07, 6.45) is 7.76. The van der Waals surface area contributed by atoms with Crippen LogP contribution in [0, 0.1) is 6.92 Å². The monoisotopic (exact) mass is 380 g/mol. The minimum absolute atomic E-state index is 0.663. The number of rotatable bonds is 6. The largest absolute Gasteiger partial charge is 0.344 e. The first-order valence-electron chi connectivity index (χ1n) is 9.24. The Labute approximate surface area is 169 Å². The summed E-state index contributed by atoms with van der Waals surface area (Å²) in [5, 5.41) is 11.2. The van der Waals surface area contributed by atoms with Gasteiger partial charge in [-0.15, -0.1) is 0 Å². The Hall–Kier alpha value is -3.93. The lowest BCUT2D eigenvalue weighted by atomic mass is 10.1. The van der Waals surface area contributed by atoms with E-state index in [1.165, 1.54) is 0 Å². The molecule has 0 spiro atoms. The molecule has 0 aliphatic rings.